The first kappa shape index (κ1) is 17.0. The number of carbonyl (C=O) groups excluding carboxylic acids is 1. The van der Waals surface area contributed by atoms with E-state index in [1.807, 2.05) is 24.3 Å². The van der Waals surface area contributed by atoms with Gasteiger partial charge in [0.2, 0.25) is 0 Å². The van der Waals surface area contributed by atoms with Gasteiger partial charge in [0.15, 0.2) is 5.75 Å². The van der Waals surface area contributed by atoms with Crippen molar-refractivity contribution in [3.05, 3.63) is 53.5 Å². The summed E-state index contributed by atoms with van der Waals surface area (Å²) in [7, 11) is 0. The first-order chi connectivity index (χ1) is 11.9. The van der Waals surface area contributed by atoms with E-state index in [4.69, 9.17) is 0 Å². The lowest BCUT2D eigenvalue weighted by atomic mass is 10.3. The van der Waals surface area contributed by atoms with E-state index in [9.17, 15) is 18.0 Å². The van der Waals surface area contributed by atoms with E-state index in [-0.39, 0.29) is 12.2 Å². The number of hydrogen-bond donors (Lipinski definition) is 2. The average Bonchev–Trinajstić information content (AvgIpc) is 2.96. The number of carbonyl (C=O) groups is 1. The molecule has 3 rings (SSSR count). The number of halogens is 3. The Bertz CT molecular complexity index is 862. The van der Waals surface area contributed by atoms with E-state index in [0.717, 1.165) is 16.3 Å². The standard InChI is InChI=1S/C16H12F3N3O2S/c17-16(18,19)24-12-7-3-1-5-10(12)22-15(23)20-9-14-21-11-6-2-4-8-13(11)25-14/h1-8H,9H2,(H2,20,22,23). The Morgan fingerprint density at radius 1 is 1.12 bits per heavy atom. The van der Waals surface area contributed by atoms with Crippen LogP contribution in [0.2, 0.25) is 0 Å². The van der Waals surface area contributed by atoms with E-state index in [2.05, 4.69) is 20.4 Å². The molecule has 0 bridgehead atoms. The van der Waals surface area contributed by atoms with Crippen LogP contribution >= 0.6 is 11.3 Å². The quantitative estimate of drug-likeness (QED) is 0.713. The van der Waals surface area contributed by atoms with E-state index >= 15 is 0 Å². The molecular formula is C16H12F3N3O2S. The van der Waals surface area contributed by atoms with Gasteiger partial charge in [0.05, 0.1) is 22.4 Å². The molecule has 0 aliphatic carbocycles. The number of nitrogens with one attached hydrogen (secondary N) is 2. The number of amides is 2. The van der Waals surface area contributed by atoms with Crippen molar-refractivity contribution in [2.24, 2.45) is 0 Å². The Balaban J connectivity index is 1.63. The molecule has 1 aromatic heterocycles. The third-order valence-corrected chi connectivity index (χ3v) is 4.14. The van der Waals surface area contributed by atoms with Crippen molar-refractivity contribution in [3.8, 4) is 5.75 Å². The summed E-state index contributed by atoms with van der Waals surface area (Å²) in [5.41, 5.74) is 0.746. The summed E-state index contributed by atoms with van der Waals surface area (Å²) < 4.78 is 42.0. The molecule has 25 heavy (non-hydrogen) atoms. The molecule has 9 heteroatoms. The largest absolute Gasteiger partial charge is 0.573 e. The van der Waals surface area contributed by atoms with Gasteiger partial charge in [-0.1, -0.05) is 24.3 Å². The minimum Gasteiger partial charge on any atom is -0.404 e. The van der Waals surface area contributed by atoms with Crippen LogP contribution in [0, 0.1) is 0 Å². The summed E-state index contributed by atoms with van der Waals surface area (Å²) >= 11 is 1.43. The lowest BCUT2D eigenvalue weighted by Crippen LogP contribution is -2.28. The third-order valence-electron chi connectivity index (χ3n) is 3.10. The number of anilines is 1. The summed E-state index contributed by atoms with van der Waals surface area (Å²) in [6.07, 6.45) is -4.84. The van der Waals surface area contributed by atoms with E-state index in [1.165, 1.54) is 29.5 Å². The van der Waals surface area contributed by atoms with Gasteiger partial charge >= 0.3 is 12.4 Å². The number of nitrogens with zero attached hydrogens (tertiary/aromatic N) is 1. The molecule has 0 radical (unpaired) electrons. The van der Waals surface area contributed by atoms with Gasteiger partial charge in [-0.25, -0.2) is 9.78 Å². The number of rotatable bonds is 4. The van der Waals surface area contributed by atoms with Crippen LogP contribution in [0.3, 0.4) is 0 Å². The molecule has 0 unspecified atom stereocenters. The number of aromatic nitrogens is 1. The predicted octanol–water partition coefficient (Wildman–Crippen LogP) is 4.52. The Hall–Kier alpha value is -2.81. The molecule has 0 fully saturated rings. The van der Waals surface area contributed by atoms with Crippen LogP contribution in [0.25, 0.3) is 10.2 Å². The summed E-state index contributed by atoms with van der Waals surface area (Å²) in [6.45, 7) is 0.160. The predicted molar refractivity (Wildman–Crippen MR) is 88.6 cm³/mol. The molecule has 0 spiro atoms. The second-order valence-corrected chi connectivity index (χ2v) is 6.04. The van der Waals surface area contributed by atoms with Crippen molar-refractivity contribution in [1.29, 1.82) is 0 Å². The second-order valence-electron chi connectivity index (χ2n) is 4.93. The Labute approximate surface area is 144 Å². The van der Waals surface area contributed by atoms with Crippen molar-refractivity contribution in [2.75, 3.05) is 5.32 Å². The normalized spacial score (nSPS) is 11.3. The zero-order valence-electron chi connectivity index (χ0n) is 12.6. The molecule has 2 aromatic carbocycles. The Kier molecular flexibility index (Phi) is 4.75. The summed E-state index contributed by atoms with van der Waals surface area (Å²) in [6, 6.07) is 12.2. The second kappa shape index (κ2) is 6.98. The van der Waals surface area contributed by atoms with Crippen LogP contribution in [-0.2, 0) is 6.54 Å². The maximum Gasteiger partial charge on any atom is 0.573 e. The van der Waals surface area contributed by atoms with Gasteiger partial charge in [-0.15, -0.1) is 24.5 Å². The maximum absolute atomic E-state index is 12.4. The lowest BCUT2D eigenvalue weighted by molar-refractivity contribution is -0.274. The molecule has 130 valence electrons. The van der Waals surface area contributed by atoms with Crippen molar-refractivity contribution in [1.82, 2.24) is 10.3 Å². The smallest absolute Gasteiger partial charge is 0.404 e. The van der Waals surface area contributed by atoms with Gasteiger partial charge < -0.3 is 15.4 Å². The average molecular weight is 367 g/mol. The van der Waals surface area contributed by atoms with Crippen LogP contribution in [-0.4, -0.2) is 17.4 Å². The maximum atomic E-state index is 12.4. The SMILES string of the molecule is O=C(NCc1nc2ccccc2s1)Nc1ccccc1OC(F)(F)F. The summed E-state index contributed by atoms with van der Waals surface area (Å²) in [4.78, 5) is 16.3. The van der Waals surface area contributed by atoms with E-state index < -0.39 is 18.1 Å². The molecule has 1 heterocycles. The molecular weight excluding hydrogens is 355 g/mol. The van der Waals surface area contributed by atoms with Gasteiger partial charge in [0.1, 0.15) is 5.01 Å². The molecule has 0 atom stereocenters. The number of ether oxygens (including phenoxy) is 1. The third kappa shape index (κ3) is 4.60. The molecule has 3 aromatic rings. The Morgan fingerprint density at radius 2 is 1.84 bits per heavy atom. The van der Waals surface area contributed by atoms with Crippen LogP contribution in [0.15, 0.2) is 48.5 Å². The lowest BCUT2D eigenvalue weighted by Gasteiger charge is -2.14. The molecule has 0 aliphatic heterocycles. The fraction of sp³-hybridized carbons (Fsp3) is 0.125. The number of alkyl halides is 3. The summed E-state index contributed by atoms with van der Waals surface area (Å²) in [5, 5.41) is 5.59. The Morgan fingerprint density at radius 3 is 2.60 bits per heavy atom. The highest BCUT2D eigenvalue weighted by atomic mass is 32.1. The highest BCUT2D eigenvalue weighted by Crippen LogP contribution is 2.29. The van der Waals surface area contributed by atoms with E-state index in [0.29, 0.717) is 5.01 Å². The molecule has 0 aliphatic rings. The van der Waals surface area contributed by atoms with Gasteiger partial charge in [-0.3, -0.25) is 0 Å². The highest BCUT2D eigenvalue weighted by Gasteiger charge is 2.32. The van der Waals surface area contributed by atoms with Gasteiger partial charge in [0.25, 0.3) is 0 Å². The number of hydrogen-bond acceptors (Lipinski definition) is 4. The van der Waals surface area contributed by atoms with Crippen molar-refractivity contribution < 1.29 is 22.7 Å². The van der Waals surface area contributed by atoms with Crippen molar-refractivity contribution in [3.63, 3.8) is 0 Å². The number of para-hydroxylation sites is 3. The van der Waals surface area contributed by atoms with Crippen LogP contribution in [0.5, 0.6) is 5.75 Å². The fourth-order valence-corrected chi connectivity index (χ4v) is 3.01. The van der Waals surface area contributed by atoms with Crippen molar-refractivity contribution >= 4 is 33.3 Å². The zero-order chi connectivity index (χ0) is 17.9. The van der Waals surface area contributed by atoms with Crippen LogP contribution in [0.4, 0.5) is 23.7 Å². The highest BCUT2D eigenvalue weighted by molar-refractivity contribution is 7.18. The number of thiazole rings is 1. The molecule has 0 saturated heterocycles. The first-order valence-corrected chi connectivity index (χ1v) is 7.96. The minimum atomic E-state index is -4.84. The van der Waals surface area contributed by atoms with Crippen molar-refractivity contribution in [2.45, 2.75) is 12.9 Å². The van der Waals surface area contributed by atoms with Gasteiger partial charge in [0, 0.05) is 0 Å². The zero-order valence-corrected chi connectivity index (χ0v) is 13.4. The monoisotopic (exact) mass is 367 g/mol. The number of fused-ring (bicyclic) bond motifs is 1. The first-order valence-electron chi connectivity index (χ1n) is 7.15. The molecule has 0 saturated carbocycles. The molecule has 2 N–H and O–H groups in total. The topological polar surface area (TPSA) is 63.2 Å². The van der Waals surface area contributed by atoms with Crippen LogP contribution < -0.4 is 15.4 Å². The molecule has 2 amide bonds. The summed E-state index contributed by atoms with van der Waals surface area (Å²) in [5.74, 6) is -0.481. The van der Waals surface area contributed by atoms with E-state index in [1.54, 1.807) is 0 Å². The minimum absolute atomic E-state index is 0.0818. The fourth-order valence-electron chi connectivity index (χ4n) is 2.10. The number of benzene rings is 2. The van der Waals surface area contributed by atoms with Crippen LogP contribution in [0.1, 0.15) is 5.01 Å². The van der Waals surface area contributed by atoms with Gasteiger partial charge in [-0.2, -0.15) is 0 Å². The number of urea groups is 1. The van der Waals surface area contributed by atoms with Gasteiger partial charge in [-0.05, 0) is 24.3 Å². The molecule has 5 nitrogen and oxygen atoms in total.